The number of hydrogen-bond acceptors (Lipinski definition) is 4. The molecule has 0 aliphatic carbocycles. The van der Waals surface area contributed by atoms with Gasteiger partial charge >= 0.3 is 0 Å². The van der Waals surface area contributed by atoms with Gasteiger partial charge in [-0.3, -0.25) is 0 Å². The zero-order valence-electron chi connectivity index (χ0n) is 9.16. The highest BCUT2D eigenvalue weighted by Gasteiger charge is 2.04. The van der Waals surface area contributed by atoms with E-state index in [4.69, 9.17) is 0 Å². The van der Waals surface area contributed by atoms with Gasteiger partial charge in [-0.15, -0.1) is 5.10 Å². The summed E-state index contributed by atoms with van der Waals surface area (Å²) in [6.07, 6.45) is 2.51. The van der Waals surface area contributed by atoms with Crippen molar-refractivity contribution in [2.24, 2.45) is 5.92 Å². The zero-order valence-corrected chi connectivity index (χ0v) is 9.97. The minimum Gasteiger partial charge on any atom is -0.309 e. The Balaban J connectivity index is 2.12. The zero-order chi connectivity index (χ0) is 10.4. The van der Waals surface area contributed by atoms with E-state index in [9.17, 15) is 0 Å². The van der Waals surface area contributed by atoms with Gasteiger partial charge in [0.1, 0.15) is 0 Å². The Morgan fingerprint density at radius 3 is 2.71 bits per heavy atom. The van der Waals surface area contributed by atoms with Crippen molar-refractivity contribution >= 4 is 11.5 Å². The number of hydrogen-bond donors (Lipinski definition) is 1. The van der Waals surface area contributed by atoms with E-state index >= 15 is 0 Å². The Labute approximate surface area is 90.1 Å². The maximum absolute atomic E-state index is 3.99. The molecule has 0 saturated heterocycles. The number of aromatic nitrogens is 2. The molecule has 3 nitrogen and oxygen atoms in total. The summed E-state index contributed by atoms with van der Waals surface area (Å²) in [5.41, 5.74) is 1.05. The minimum atomic E-state index is 0.569. The average Bonchev–Trinajstić information content (AvgIpc) is 2.63. The van der Waals surface area contributed by atoms with Gasteiger partial charge in [0.25, 0.3) is 0 Å². The van der Waals surface area contributed by atoms with Crippen LogP contribution >= 0.6 is 11.5 Å². The van der Waals surface area contributed by atoms with E-state index < -0.39 is 0 Å². The Bertz CT molecular complexity index is 234. The van der Waals surface area contributed by atoms with Gasteiger partial charge in [0.15, 0.2) is 0 Å². The molecule has 4 heteroatoms. The van der Waals surface area contributed by atoms with Crippen LogP contribution in [0.4, 0.5) is 0 Å². The molecule has 1 unspecified atom stereocenters. The summed E-state index contributed by atoms with van der Waals surface area (Å²) in [6.45, 7) is 7.59. The molecular weight excluding hydrogens is 194 g/mol. The second-order valence-electron chi connectivity index (χ2n) is 4.15. The predicted molar refractivity (Wildman–Crippen MR) is 60.3 cm³/mol. The maximum Gasteiger partial charge on any atom is 0.0893 e. The minimum absolute atomic E-state index is 0.569. The highest BCUT2D eigenvalue weighted by atomic mass is 32.1. The van der Waals surface area contributed by atoms with Crippen LogP contribution in [-0.2, 0) is 6.54 Å². The van der Waals surface area contributed by atoms with Crippen LogP contribution in [0.2, 0.25) is 0 Å². The van der Waals surface area contributed by atoms with Crippen molar-refractivity contribution in [2.75, 3.05) is 0 Å². The standard InChI is InChI=1S/C10H19N3S/c1-8(2)4-5-9(3)11-6-10-7-14-13-12-10/h7-9,11H,4-6H2,1-3H3. The lowest BCUT2D eigenvalue weighted by Gasteiger charge is -2.13. The summed E-state index contributed by atoms with van der Waals surface area (Å²) in [5, 5.41) is 9.42. The molecule has 0 spiro atoms. The second kappa shape index (κ2) is 6.09. The van der Waals surface area contributed by atoms with Crippen molar-refractivity contribution in [2.45, 2.75) is 46.2 Å². The van der Waals surface area contributed by atoms with Gasteiger partial charge in [-0.1, -0.05) is 18.3 Å². The summed E-state index contributed by atoms with van der Waals surface area (Å²) in [7, 11) is 0. The van der Waals surface area contributed by atoms with Crippen molar-refractivity contribution in [1.29, 1.82) is 0 Å². The van der Waals surface area contributed by atoms with E-state index in [1.807, 2.05) is 5.38 Å². The van der Waals surface area contributed by atoms with Crippen LogP contribution in [0.15, 0.2) is 5.38 Å². The fourth-order valence-corrected chi connectivity index (χ4v) is 1.68. The quantitative estimate of drug-likeness (QED) is 0.788. The van der Waals surface area contributed by atoms with Gasteiger partial charge in [0.2, 0.25) is 0 Å². The van der Waals surface area contributed by atoms with E-state index in [-0.39, 0.29) is 0 Å². The molecule has 0 aliphatic heterocycles. The van der Waals surface area contributed by atoms with Crippen molar-refractivity contribution in [3.8, 4) is 0 Å². The molecule has 1 heterocycles. The molecule has 1 N–H and O–H groups in total. The first-order chi connectivity index (χ1) is 6.68. The molecule has 0 bridgehead atoms. The third-order valence-electron chi connectivity index (χ3n) is 2.21. The van der Waals surface area contributed by atoms with Crippen LogP contribution in [0.1, 0.15) is 39.3 Å². The number of rotatable bonds is 6. The summed E-state index contributed by atoms with van der Waals surface area (Å²) >= 11 is 1.41. The van der Waals surface area contributed by atoms with Crippen LogP contribution in [0, 0.1) is 5.92 Å². The molecule has 80 valence electrons. The van der Waals surface area contributed by atoms with Gasteiger partial charge in [0, 0.05) is 18.0 Å². The Kier molecular flexibility index (Phi) is 5.04. The average molecular weight is 213 g/mol. The van der Waals surface area contributed by atoms with Gasteiger partial charge < -0.3 is 5.32 Å². The highest BCUT2D eigenvalue weighted by molar-refractivity contribution is 7.03. The topological polar surface area (TPSA) is 37.8 Å². The van der Waals surface area contributed by atoms with Crippen molar-refractivity contribution in [3.63, 3.8) is 0 Å². The predicted octanol–water partition coefficient (Wildman–Crippen LogP) is 2.45. The largest absolute Gasteiger partial charge is 0.309 e. The van der Waals surface area contributed by atoms with Gasteiger partial charge in [-0.2, -0.15) is 0 Å². The Morgan fingerprint density at radius 2 is 2.14 bits per heavy atom. The molecule has 1 aromatic rings. The molecule has 1 rings (SSSR count). The number of nitrogens with zero attached hydrogens (tertiary/aromatic N) is 2. The van der Waals surface area contributed by atoms with Crippen molar-refractivity contribution in [1.82, 2.24) is 14.9 Å². The third kappa shape index (κ3) is 4.67. The number of nitrogens with one attached hydrogen (secondary N) is 1. The molecular formula is C10H19N3S. The molecule has 0 radical (unpaired) electrons. The summed E-state index contributed by atoms with van der Waals surface area (Å²) in [5.74, 6) is 0.792. The van der Waals surface area contributed by atoms with Gasteiger partial charge in [-0.05, 0) is 37.2 Å². The van der Waals surface area contributed by atoms with Gasteiger partial charge in [-0.25, -0.2) is 0 Å². The Morgan fingerprint density at radius 1 is 1.36 bits per heavy atom. The van der Waals surface area contributed by atoms with Gasteiger partial charge in [0.05, 0.1) is 5.69 Å². The molecule has 0 aromatic carbocycles. The van der Waals surface area contributed by atoms with E-state index in [1.54, 1.807) is 0 Å². The summed E-state index contributed by atoms with van der Waals surface area (Å²) in [4.78, 5) is 0. The first-order valence-electron chi connectivity index (χ1n) is 5.17. The monoisotopic (exact) mass is 213 g/mol. The molecule has 1 atom stereocenters. The van der Waals surface area contributed by atoms with Crippen molar-refractivity contribution < 1.29 is 0 Å². The van der Waals surface area contributed by atoms with Crippen LogP contribution in [-0.4, -0.2) is 15.6 Å². The van der Waals surface area contributed by atoms with Crippen LogP contribution in [0.25, 0.3) is 0 Å². The molecule has 0 aliphatic rings. The second-order valence-corrected chi connectivity index (χ2v) is 4.76. The fraction of sp³-hybridized carbons (Fsp3) is 0.800. The molecule has 0 saturated carbocycles. The first kappa shape index (κ1) is 11.6. The van der Waals surface area contributed by atoms with Crippen LogP contribution in [0.5, 0.6) is 0 Å². The molecule has 14 heavy (non-hydrogen) atoms. The van der Waals surface area contributed by atoms with Crippen LogP contribution < -0.4 is 5.32 Å². The molecule has 0 fully saturated rings. The van der Waals surface area contributed by atoms with E-state index in [0.717, 1.165) is 18.2 Å². The maximum atomic E-state index is 3.99. The van der Waals surface area contributed by atoms with E-state index in [2.05, 4.69) is 35.7 Å². The third-order valence-corrected chi connectivity index (χ3v) is 2.77. The molecule has 1 aromatic heterocycles. The van der Waals surface area contributed by atoms with Crippen molar-refractivity contribution in [3.05, 3.63) is 11.1 Å². The lowest BCUT2D eigenvalue weighted by molar-refractivity contribution is 0.448. The molecule has 0 amide bonds. The smallest absolute Gasteiger partial charge is 0.0893 e. The first-order valence-corrected chi connectivity index (χ1v) is 6.01. The lowest BCUT2D eigenvalue weighted by atomic mass is 10.0. The summed E-state index contributed by atoms with van der Waals surface area (Å²) < 4.78 is 3.83. The van der Waals surface area contributed by atoms with E-state index in [1.165, 1.54) is 24.4 Å². The normalized spacial score (nSPS) is 13.4. The Hall–Kier alpha value is -0.480. The van der Waals surface area contributed by atoms with Crippen LogP contribution in [0.3, 0.4) is 0 Å². The fourth-order valence-electron chi connectivity index (χ4n) is 1.23. The summed E-state index contributed by atoms with van der Waals surface area (Å²) in [6, 6.07) is 0.569. The highest BCUT2D eigenvalue weighted by Crippen LogP contribution is 2.07. The van der Waals surface area contributed by atoms with E-state index in [0.29, 0.717) is 6.04 Å². The SMILES string of the molecule is CC(C)CCC(C)NCc1csnn1. The lowest BCUT2D eigenvalue weighted by Crippen LogP contribution is -2.25.